The quantitative estimate of drug-likeness (QED) is 0.603. The highest BCUT2D eigenvalue weighted by molar-refractivity contribution is 5.78. The standard InChI is InChI=1S/C10H22N2O2/c1-4-5-6-9(8-14-3)12-10(13)7-11-2/h9,11H,4-8H2,1-3H3,(H,12,13). The summed E-state index contributed by atoms with van der Waals surface area (Å²) in [5.41, 5.74) is 0. The predicted octanol–water partition coefficient (Wildman–Crippen LogP) is 0.527. The number of likely N-dealkylation sites (N-methyl/N-ethyl adjacent to an activating group) is 1. The zero-order valence-corrected chi connectivity index (χ0v) is 9.43. The summed E-state index contributed by atoms with van der Waals surface area (Å²) in [6.07, 6.45) is 3.25. The Bertz CT molecular complexity index is 151. The van der Waals surface area contributed by atoms with Crippen LogP contribution in [-0.2, 0) is 9.53 Å². The Morgan fingerprint density at radius 2 is 2.21 bits per heavy atom. The van der Waals surface area contributed by atoms with Crippen LogP contribution in [0.2, 0.25) is 0 Å². The van der Waals surface area contributed by atoms with Crippen molar-refractivity contribution < 1.29 is 9.53 Å². The molecule has 0 rings (SSSR count). The fraction of sp³-hybridized carbons (Fsp3) is 0.900. The number of methoxy groups -OCH3 is 1. The Labute approximate surface area is 86.4 Å². The van der Waals surface area contributed by atoms with E-state index >= 15 is 0 Å². The van der Waals surface area contributed by atoms with E-state index in [9.17, 15) is 4.79 Å². The highest BCUT2D eigenvalue weighted by atomic mass is 16.5. The minimum atomic E-state index is 0.0330. The maximum Gasteiger partial charge on any atom is 0.234 e. The van der Waals surface area contributed by atoms with Gasteiger partial charge in [-0.3, -0.25) is 4.79 Å². The molecule has 0 spiro atoms. The second-order valence-electron chi connectivity index (χ2n) is 3.39. The number of carbonyl (C=O) groups excluding carboxylic acids is 1. The smallest absolute Gasteiger partial charge is 0.234 e. The van der Waals surface area contributed by atoms with Crippen molar-refractivity contribution in [2.24, 2.45) is 0 Å². The van der Waals surface area contributed by atoms with Crippen molar-refractivity contribution in [3.8, 4) is 0 Å². The van der Waals surface area contributed by atoms with Crippen molar-refractivity contribution >= 4 is 5.91 Å². The first-order valence-corrected chi connectivity index (χ1v) is 5.17. The summed E-state index contributed by atoms with van der Waals surface area (Å²) in [7, 11) is 3.42. The number of rotatable bonds is 8. The number of hydrogen-bond donors (Lipinski definition) is 2. The lowest BCUT2D eigenvalue weighted by Crippen LogP contribution is -2.41. The van der Waals surface area contributed by atoms with Gasteiger partial charge in [-0.25, -0.2) is 0 Å². The van der Waals surface area contributed by atoms with Crippen LogP contribution < -0.4 is 10.6 Å². The van der Waals surface area contributed by atoms with E-state index in [1.54, 1.807) is 14.2 Å². The molecule has 4 nitrogen and oxygen atoms in total. The van der Waals surface area contributed by atoms with Gasteiger partial charge in [0.1, 0.15) is 0 Å². The molecule has 1 unspecified atom stereocenters. The summed E-state index contributed by atoms with van der Waals surface area (Å²) in [5.74, 6) is 0.0330. The third kappa shape index (κ3) is 6.86. The molecule has 0 fully saturated rings. The van der Waals surface area contributed by atoms with Gasteiger partial charge in [0.15, 0.2) is 0 Å². The first-order valence-electron chi connectivity index (χ1n) is 5.17. The summed E-state index contributed by atoms with van der Waals surface area (Å²) in [5, 5.41) is 5.75. The van der Waals surface area contributed by atoms with E-state index < -0.39 is 0 Å². The van der Waals surface area contributed by atoms with E-state index in [1.807, 2.05) is 0 Å². The largest absolute Gasteiger partial charge is 0.383 e. The minimum Gasteiger partial charge on any atom is -0.383 e. The van der Waals surface area contributed by atoms with Gasteiger partial charge in [0.2, 0.25) is 5.91 Å². The molecule has 0 aromatic carbocycles. The molecule has 1 amide bonds. The van der Waals surface area contributed by atoms with Gasteiger partial charge in [-0.05, 0) is 13.5 Å². The lowest BCUT2D eigenvalue weighted by atomic mass is 10.1. The van der Waals surface area contributed by atoms with Gasteiger partial charge in [-0.2, -0.15) is 0 Å². The van der Waals surface area contributed by atoms with E-state index in [0.717, 1.165) is 19.3 Å². The van der Waals surface area contributed by atoms with Gasteiger partial charge in [0, 0.05) is 7.11 Å². The monoisotopic (exact) mass is 202 g/mol. The molecule has 0 aromatic heterocycles. The van der Waals surface area contributed by atoms with Gasteiger partial charge >= 0.3 is 0 Å². The fourth-order valence-electron chi connectivity index (χ4n) is 1.29. The zero-order valence-electron chi connectivity index (χ0n) is 9.43. The minimum absolute atomic E-state index is 0.0330. The van der Waals surface area contributed by atoms with Crippen molar-refractivity contribution in [2.75, 3.05) is 27.3 Å². The third-order valence-corrected chi connectivity index (χ3v) is 1.98. The molecule has 0 bridgehead atoms. The number of nitrogens with one attached hydrogen (secondary N) is 2. The van der Waals surface area contributed by atoms with E-state index in [-0.39, 0.29) is 11.9 Å². The summed E-state index contributed by atoms with van der Waals surface area (Å²) in [6.45, 7) is 3.10. The van der Waals surface area contributed by atoms with Crippen LogP contribution in [0.4, 0.5) is 0 Å². The molecule has 1 atom stereocenters. The average molecular weight is 202 g/mol. The highest BCUT2D eigenvalue weighted by Gasteiger charge is 2.10. The summed E-state index contributed by atoms with van der Waals surface area (Å²) in [4.78, 5) is 11.3. The lowest BCUT2D eigenvalue weighted by Gasteiger charge is -2.17. The Morgan fingerprint density at radius 1 is 1.50 bits per heavy atom. The molecule has 0 aliphatic carbocycles. The Balaban J connectivity index is 3.75. The molecule has 0 saturated heterocycles. The van der Waals surface area contributed by atoms with Crippen molar-refractivity contribution in [3.05, 3.63) is 0 Å². The first kappa shape index (κ1) is 13.4. The van der Waals surface area contributed by atoms with Crippen LogP contribution in [0.3, 0.4) is 0 Å². The predicted molar refractivity (Wildman–Crippen MR) is 57.3 cm³/mol. The summed E-state index contributed by atoms with van der Waals surface area (Å²) < 4.78 is 5.04. The Hall–Kier alpha value is -0.610. The summed E-state index contributed by atoms with van der Waals surface area (Å²) >= 11 is 0. The maximum absolute atomic E-state index is 11.3. The van der Waals surface area contributed by atoms with Crippen LogP contribution >= 0.6 is 0 Å². The number of carbonyl (C=O) groups is 1. The van der Waals surface area contributed by atoms with Crippen molar-refractivity contribution in [1.82, 2.24) is 10.6 Å². The Morgan fingerprint density at radius 3 is 2.71 bits per heavy atom. The van der Waals surface area contributed by atoms with Gasteiger partial charge in [0.05, 0.1) is 19.2 Å². The van der Waals surface area contributed by atoms with Gasteiger partial charge in [0.25, 0.3) is 0 Å². The van der Waals surface area contributed by atoms with Crippen LogP contribution in [0, 0.1) is 0 Å². The molecule has 0 aliphatic rings. The molecular formula is C10H22N2O2. The van der Waals surface area contributed by atoms with Crippen LogP contribution in [0.5, 0.6) is 0 Å². The normalized spacial score (nSPS) is 12.5. The fourth-order valence-corrected chi connectivity index (χ4v) is 1.29. The molecule has 84 valence electrons. The molecular weight excluding hydrogens is 180 g/mol. The second kappa shape index (κ2) is 8.97. The van der Waals surface area contributed by atoms with E-state index in [2.05, 4.69) is 17.6 Å². The van der Waals surface area contributed by atoms with Crippen LogP contribution in [0.1, 0.15) is 26.2 Å². The van der Waals surface area contributed by atoms with Gasteiger partial charge in [-0.15, -0.1) is 0 Å². The van der Waals surface area contributed by atoms with Crippen molar-refractivity contribution in [1.29, 1.82) is 0 Å². The van der Waals surface area contributed by atoms with Gasteiger partial charge in [-0.1, -0.05) is 19.8 Å². The molecule has 2 N–H and O–H groups in total. The number of hydrogen-bond acceptors (Lipinski definition) is 3. The average Bonchev–Trinajstić information content (AvgIpc) is 2.15. The number of unbranched alkanes of at least 4 members (excludes halogenated alkanes) is 1. The Kier molecular flexibility index (Phi) is 8.57. The molecule has 14 heavy (non-hydrogen) atoms. The van der Waals surface area contributed by atoms with E-state index in [0.29, 0.717) is 13.2 Å². The van der Waals surface area contributed by atoms with Gasteiger partial charge < -0.3 is 15.4 Å². The van der Waals surface area contributed by atoms with E-state index in [4.69, 9.17) is 4.74 Å². The third-order valence-electron chi connectivity index (χ3n) is 1.98. The molecule has 0 aromatic rings. The zero-order chi connectivity index (χ0) is 10.8. The van der Waals surface area contributed by atoms with E-state index in [1.165, 1.54) is 0 Å². The van der Waals surface area contributed by atoms with Crippen LogP contribution in [0.25, 0.3) is 0 Å². The molecule has 0 aliphatic heterocycles. The highest BCUT2D eigenvalue weighted by Crippen LogP contribution is 2.00. The van der Waals surface area contributed by atoms with Crippen molar-refractivity contribution in [3.63, 3.8) is 0 Å². The molecule has 0 radical (unpaired) electrons. The molecule has 0 saturated carbocycles. The van der Waals surface area contributed by atoms with Crippen molar-refractivity contribution in [2.45, 2.75) is 32.2 Å². The summed E-state index contributed by atoms with van der Waals surface area (Å²) in [6, 6.07) is 0.154. The topological polar surface area (TPSA) is 50.4 Å². The second-order valence-corrected chi connectivity index (χ2v) is 3.39. The molecule has 4 heteroatoms. The van der Waals surface area contributed by atoms with Crippen LogP contribution in [0.15, 0.2) is 0 Å². The SMILES string of the molecule is CCCCC(COC)NC(=O)CNC. The maximum atomic E-state index is 11.3. The number of amides is 1. The van der Waals surface area contributed by atoms with Crippen LogP contribution in [-0.4, -0.2) is 39.3 Å². The first-order chi connectivity index (χ1) is 6.74. The molecule has 0 heterocycles. The lowest BCUT2D eigenvalue weighted by molar-refractivity contribution is -0.121. The number of ether oxygens (including phenoxy) is 1.